The Bertz CT molecular complexity index is 623. The average Bonchev–Trinajstić information content (AvgIpc) is 2.38. The van der Waals surface area contributed by atoms with Crippen molar-refractivity contribution in [2.75, 3.05) is 4.72 Å². The quantitative estimate of drug-likeness (QED) is 0.918. The molecule has 1 aromatic carbocycles. The second-order valence-corrected chi connectivity index (χ2v) is 5.17. The van der Waals surface area contributed by atoms with Crippen LogP contribution in [0.15, 0.2) is 60.3 Å². The fraction of sp³-hybridized carbons (Fsp3) is 0. The zero-order valence-electron chi connectivity index (χ0n) is 9.52. The van der Waals surface area contributed by atoms with Gasteiger partial charge in [0.05, 0.1) is 17.3 Å². The molecule has 2 aromatic rings. The molecular formula is C13H12N2O2S. The lowest BCUT2D eigenvalue weighted by molar-refractivity contribution is 0.609. The second-order valence-electron chi connectivity index (χ2n) is 3.60. The number of nitrogens with one attached hydrogen (secondary N) is 1. The van der Waals surface area contributed by atoms with Gasteiger partial charge in [-0.25, -0.2) is 8.42 Å². The highest BCUT2D eigenvalue weighted by Gasteiger charge is 2.04. The van der Waals surface area contributed by atoms with E-state index in [1.807, 2.05) is 30.3 Å². The van der Waals surface area contributed by atoms with Crippen molar-refractivity contribution in [3.8, 4) is 0 Å². The van der Waals surface area contributed by atoms with Crippen molar-refractivity contribution in [1.82, 2.24) is 4.98 Å². The highest BCUT2D eigenvalue weighted by molar-refractivity contribution is 7.95. The van der Waals surface area contributed by atoms with Crippen LogP contribution in [0.4, 0.5) is 5.69 Å². The zero-order valence-corrected chi connectivity index (χ0v) is 10.3. The molecule has 1 N–H and O–H groups in total. The summed E-state index contributed by atoms with van der Waals surface area (Å²) in [5, 5.41) is 1.13. The van der Waals surface area contributed by atoms with E-state index < -0.39 is 10.0 Å². The number of aromatic nitrogens is 1. The summed E-state index contributed by atoms with van der Waals surface area (Å²) in [6, 6.07) is 12.5. The van der Waals surface area contributed by atoms with Gasteiger partial charge in [-0.3, -0.25) is 9.71 Å². The molecule has 92 valence electrons. The molecule has 0 aliphatic carbocycles. The Hall–Kier alpha value is -2.14. The molecule has 0 spiro atoms. The molecule has 0 amide bonds. The van der Waals surface area contributed by atoms with Crippen molar-refractivity contribution in [2.24, 2.45) is 0 Å². The van der Waals surface area contributed by atoms with Gasteiger partial charge in [-0.2, -0.15) is 0 Å². The van der Waals surface area contributed by atoms with E-state index in [2.05, 4.69) is 9.71 Å². The lowest BCUT2D eigenvalue weighted by atomic mass is 10.2. The van der Waals surface area contributed by atoms with E-state index in [1.165, 1.54) is 6.20 Å². The van der Waals surface area contributed by atoms with Gasteiger partial charge in [-0.1, -0.05) is 30.3 Å². The number of hydrogen-bond acceptors (Lipinski definition) is 3. The summed E-state index contributed by atoms with van der Waals surface area (Å²) >= 11 is 0. The van der Waals surface area contributed by atoms with Gasteiger partial charge in [-0.05, 0) is 23.8 Å². The van der Waals surface area contributed by atoms with Gasteiger partial charge in [0.15, 0.2) is 0 Å². The Morgan fingerprint density at radius 3 is 2.50 bits per heavy atom. The minimum Gasteiger partial charge on any atom is -0.279 e. The van der Waals surface area contributed by atoms with E-state index in [0.29, 0.717) is 5.69 Å². The predicted octanol–water partition coefficient (Wildman–Crippen LogP) is 2.49. The number of sulfonamides is 1. The number of nitrogens with zero attached hydrogens (tertiary/aromatic N) is 1. The van der Waals surface area contributed by atoms with Gasteiger partial charge in [0, 0.05) is 6.20 Å². The second kappa shape index (κ2) is 5.46. The van der Waals surface area contributed by atoms with E-state index in [4.69, 9.17) is 0 Å². The number of rotatable bonds is 4. The van der Waals surface area contributed by atoms with Gasteiger partial charge in [0.25, 0.3) is 10.0 Å². The summed E-state index contributed by atoms with van der Waals surface area (Å²) in [6.45, 7) is 0. The maximum Gasteiger partial charge on any atom is 0.255 e. The van der Waals surface area contributed by atoms with E-state index in [-0.39, 0.29) is 0 Å². The van der Waals surface area contributed by atoms with Crippen LogP contribution < -0.4 is 4.72 Å². The molecule has 0 aliphatic heterocycles. The van der Waals surface area contributed by atoms with Crippen LogP contribution in [0.1, 0.15) is 5.56 Å². The molecule has 0 atom stereocenters. The van der Waals surface area contributed by atoms with Crippen molar-refractivity contribution in [3.05, 3.63) is 65.8 Å². The smallest absolute Gasteiger partial charge is 0.255 e. The average molecular weight is 260 g/mol. The third-order valence-corrected chi connectivity index (χ3v) is 3.18. The molecule has 0 fully saturated rings. The topological polar surface area (TPSA) is 59.1 Å². The number of pyridine rings is 1. The first kappa shape index (κ1) is 12.3. The molecule has 0 saturated carbocycles. The van der Waals surface area contributed by atoms with Crippen LogP contribution in [0.3, 0.4) is 0 Å². The lowest BCUT2D eigenvalue weighted by Crippen LogP contribution is -2.08. The molecule has 2 rings (SSSR count). The highest BCUT2D eigenvalue weighted by Crippen LogP contribution is 2.08. The lowest BCUT2D eigenvalue weighted by Gasteiger charge is -2.02. The van der Waals surface area contributed by atoms with Gasteiger partial charge in [0.2, 0.25) is 0 Å². The van der Waals surface area contributed by atoms with Gasteiger partial charge >= 0.3 is 0 Å². The van der Waals surface area contributed by atoms with Crippen molar-refractivity contribution in [2.45, 2.75) is 0 Å². The highest BCUT2D eigenvalue weighted by atomic mass is 32.2. The predicted molar refractivity (Wildman–Crippen MR) is 72.3 cm³/mol. The maximum absolute atomic E-state index is 11.7. The van der Waals surface area contributed by atoms with E-state index in [1.54, 1.807) is 24.4 Å². The van der Waals surface area contributed by atoms with Crippen molar-refractivity contribution in [3.63, 3.8) is 0 Å². The van der Waals surface area contributed by atoms with E-state index in [9.17, 15) is 8.42 Å². The van der Waals surface area contributed by atoms with Gasteiger partial charge in [-0.15, -0.1) is 0 Å². The van der Waals surface area contributed by atoms with Crippen LogP contribution in [0.2, 0.25) is 0 Å². The molecule has 18 heavy (non-hydrogen) atoms. The molecule has 0 aliphatic rings. The zero-order chi connectivity index (χ0) is 12.8. The minimum atomic E-state index is -3.50. The Labute approximate surface area is 106 Å². The first-order valence-electron chi connectivity index (χ1n) is 5.32. The Morgan fingerprint density at radius 1 is 1.06 bits per heavy atom. The molecule has 1 aromatic heterocycles. The number of benzene rings is 1. The first-order chi connectivity index (χ1) is 8.66. The summed E-state index contributed by atoms with van der Waals surface area (Å²) in [4.78, 5) is 3.84. The minimum absolute atomic E-state index is 0.440. The Balaban J connectivity index is 2.11. The number of hydrogen-bond donors (Lipinski definition) is 1. The molecule has 0 saturated heterocycles. The summed E-state index contributed by atoms with van der Waals surface area (Å²) in [5.74, 6) is 0. The van der Waals surface area contributed by atoms with Crippen LogP contribution in [-0.4, -0.2) is 13.4 Å². The fourth-order valence-corrected chi connectivity index (χ4v) is 2.21. The monoisotopic (exact) mass is 260 g/mol. The van der Waals surface area contributed by atoms with Gasteiger partial charge in [0.1, 0.15) is 0 Å². The molecule has 5 heteroatoms. The fourth-order valence-electron chi connectivity index (χ4n) is 1.35. The normalized spacial score (nSPS) is 11.6. The molecule has 0 radical (unpaired) electrons. The summed E-state index contributed by atoms with van der Waals surface area (Å²) in [6.07, 6.45) is 4.57. The number of anilines is 1. The van der Waals surface area contributed by atoms with Crippen molar-refractivity contribution >= 4 is 21.8 Å². The molecular weight excluding hydrogens is 248 g/mol. The largest absolute Gasteiger partial charge is 0.279 e. The van der Waals surface area contributed by atoms with Crippen LogP contribution >= 0.6 is 0 Å². The summed E-state index contributed by atoms with van der Waals surface area (Å²) < 4.78 is 25.9. The maximum atomic E-state index is 11.7. The summed E-state index contributed by atoms with van der Waals surface area (Å²) in [7, 11) is -3.50. The van der Waals surface area contributed by atoms with Crippen LogP contribution in [0, 0.1) is 0 Å². The molecule has 4 nitrogen and oxygen atoms in total. The standard InChI is InChI=1S/C13H12N2O2S/c16-18(17,15-13-7-4-9-14-11-13)10-8-12-5-2-1-3-6-12/h1-11,15H. The SMILES string of the molecule is O=S(=O)(C=Cc1ccccc1)Nc1cccnc1. The van der Waals surface area contributed by atoms with E-state index in [0.717, 1.165) is 11.0 Å². The Morgan fingerprint density at radius 2 is 1.83 bits per heavy atom. The van der Waals surface area contributed by atoms with Crippen LogP contribution in [0.5, 0.6) is 0 Å². The van der Waals surface area contributed by atoms with Crippen LogP contribution in [-0.2, 0) is 10.0 Å². The van der Waals surface area contributed by atoms with Gasteiger partial charge < -0.3 is 0 Å². The molecule has 0 unspecified atom stereocenters. The van der Waals surface area contributed by atoms with Crippen LogP contribution in [0.25, 0.3) is 6.08 Å². The molecule has 0 bridgehead atoms. The first-order valence-corrected chi connectivity index (χ1v) is 6.86. The van der Waals surface area contributed by atoms with Crippen molar-refractivity contribution in [1.29, 1.82) is 0 Å². The summed E-state index contributed by atoms with van der Waals surface area (Å²) in [5.41, 5.74) is 1.27. The molecule has 1 heterocycles. The third kappa shape index (κ3) is 3.71. The van der Waals surface area contributed by atoms with Crippen molar-refractivity contribution < 1.29 is 8.42 Å². The third-order valence-electron chi connectivity index (χ3n) is 2.16. The van der Waals surface area contributed by atoms with E-state index >= 15 is 0 Å². The Kier molecular flexibility index (Phi) is 3.74.